The average molecular weight is 480 g/mol. The second-order valence-corrected chi connectivity index (χ2v) is 8.98. The monoisotopic (exact) mass is 479 g/mol. The van der Waals surface area contributed by atoms with Gasteiger partial charge in [0.25, 0.3) is 5.91 Å². The maximum Gasteiger partial charge on any atom is 0.258 e. The number of carbonyl (C=O) groups is 1. The van der Waals surface area contributed by atoms with E-state index in [1.165, 1.54) is 5.56 Å². The number of hydrogen-bond donors (Lipinski definition) is 2. The first-order chi connectivity index (χ1) is 17.0. The van der Waals surface area contributed by atoms with Gasteiger partial charge < -0.3 is 9.73 Å². The lowest BCUT2D eigenvalue weighted by Crippen LogP contribution is -2.34. The summed E-state index contributed by atoms with van der Waals surface area (Å²) in [4.78, 5) is 17.6. The number of fused-ring (bicyclic) bond motifs is 2. The molecule has 1 aromatic heterocycles. The molecule has 174 valence electrons. The second-order valence-electron chi connectivity index (χ2n) is 8.57. The summed E-state index contributed by atoms with van der Waals surface area (Å²) >= 11 is 5.42. The zero-order chi connectivity index (χ0) is 24.4. The van der Waals surface area contributed by atoms with Gasteiger partial charge in [0.05, 0.1) is 0 Å². The van der Waals surface area contributed by atoms with Crippen molar-refractivity contribution in [1.82, 2.24) is 10.3 Å². The zero-order valence-corrected chi connectivity index (χ0v) is 20.4. The van der Waals surface area contributed by atoms with Crippen LogP contribution in [0.25, 0.3) is 33.3 Å². The van der Waals surface area contributed by atoms with Crippen molar-refractivity contribution >= 4 is 50.8 Å². The Morgan fingerprint density at radius 1 is 1.00 bits per heavy atom. The normalized spacial score (nSPS) is 11.9. The minimum atomic E-state index is -0.258. The molecular weight excluding hydrogens is 454 g/mol. The molecule has 0 saturated carbocycles. The Morgan fingerprint density at radius 2 is 1.80 bits per heavy atom. The highest BCUT2D eigenvalue weighted by Gasteiger charge is 2.14. The van der Waals surface area contributed by atoms with E-state index in [4.69, 9.17) is 21.6 Å². The van der Waals surface area contributed by atoms with Gasteiger partial charge in [0.2, 0.25) is 5.89 Å². The summed E-state index contributed by atoms with van der Waals surface area (Å²) in [7, 11) is 0. The molecular formula is C29H25N3O2S. The third kappa shape index (κ3) is 4.79. The summed E-state index contributed by atoms with van der Waals surface area (Å²) in [6, 6.07) is 27.2. The highest BCUT2D eigenvalue weighted by Crippen LogP contribution is 2.29. The smallest absolute Gasteiger partial charge is 0.258 e. The van der Waals surface area contributed by atoms with Crippen LogP contribution < -0.4 is 10.6 Å². The van der Waals surface area contributed by atoms with Gasteiger partial charge in [0.1, 0.15) is 5.52 Å². The number of anilines is 1. The fraction of sp³-hybridized carbons (Fsp3) is 0.138. The van der Waals surface area contributed by atoms with E-state index < -0.39 is 0 Å². The maximum absolute atomic E-state index is 12.9. The number of benzene rings is 4. The topological polar surface area (TPSA) is 67.2 Å². The first-order valence-electron chi connectivity index (χ1n) is 11.6. The predicted molar refractivity (Wildman–Crippen MR) is 146 cm³/mol. The van der Waals surface area contributed by atoms with Gasteiger partial charge in [-0.05, 0) is 77.3 Å². The molecule has 0 saturated heterocycles. The number of carbonyl (C=O) groups excluding carboxylic acids is 1. The molecule has 0 unspecified atom stereocenters. The van der Waals surface area contributed by atoms with Crippen LogP contribution in [0, 0.1) is 0 Å². The molecule has 5 nitrogen and oxygen atoms in total. The van der Waals surface area contributed by atoms with Crippen molar-refractivity contribution in [2.75, 3.05) is 5.32 Å². The highest BCUT2D eigenvalue weighted by atomic mass is 32.1. The van der Waals surface area contributed by atoms with Gasteiger partial charge in [0.15, 0.2) is 10.7 Å². The number of nitrogens with zero attached hydrogens (tertiary/aromatic N) is 1. The van der Waals surface area contributed by atoms with E-state index >= 15 is 0 Å². The molecule has 0 aliphatic carbocycles. The summed E-state index contributed by atoms with van der Waals surface area (Å²) in [6.45, 7) is 4.38. The molecule has 5 rings (SSSR count). The number of hydrogen-bond acceptors (Lipinski definition) is 4. The molecule has 0 aliphatic rings. The van der Waals surface area contributed by atoms with Crippen LogP contribution >= 0.6 is 12.2 Å². The molecule has 2 N–H and O–H groups in total. The number of nitrogens with one attached hydrogen (secondary N) is 2. The zero-order valence-electron chi connectivity index (χ0n) is 19.5. The molecule has 6 heteroatoms. The van der Waals surface area contributed by atoms with Crippen molar-refractivity contribution in [2.24, 2.45) is 0 Å². The molecule has 1 amide bonds. The van der Waals surface area contributed by atoms with E-state index in [0.717, 1.165) is 39.5 Å². The number of aromatic nitrogens is 1. The van der Waals surface area contributed by atoms with Crippen LogP contribution in [0.15, 0.2) is 89.3 Å². The lowest BCUT2D eigenvalue weighted by atomic mass is 9.98. The van der Waals surface area contributed by atoms with Crippen molar-refractivity contribution in [1.29, 1.82) is 0 Å². The molecule has 0 spiro atoms. The number of amides is 1. The maximum atomic E-state index is 12.9. The number of thiocarbonyl (C=S) groups is 1. The summed E-state index contributed by atoms with van der Waals surface area (Å²) in [5.74, 6) is 0.749. The minimum absolute atomic E-state index is 0.218. The Bertz CT molecular complexity index is 1550. The lowest BCUT2D eigenvalue weighted by molar-refractivity contribution is 0.0979. The SMILES string of the molecule is CC[C@H](C)c1ccc2oc(-c3cccc(NC(=S)NC(=O)c4cccc5ccccc45)c3)nc2c1. The Balaban J connectivity index is 1.33. The fourth-order valence-corrected chi connectivity index (χ4v) is 4.31. The standard InChI is InChI=1S/C29H25N3O2S/c1-3-18(2)20-14-15-26-25(17-20)31-28(34-26)21-10-6-11-22(16-21)30-29(35)32-27(33)24-13-7-9-19-8-4-5-12-23(19)24/h4-18H,3H2,1-2H3,(H2,30,32,33,35)/t18-/m0/s1. The molecule has 35 heavy (non-hydrogen) atoms. The molecule has 0 aliphatic heterocycles. The third-order valence-electron chi connectivity index (χ3n) is 6.22. The molecule has 1 heterocycles. The van der Waals surface area contributed by atoms with Crippen molar-refractivity contribution in [3.8, 4) is 11.5 Å². The Kier molecular flexibility index (Phi) is 6.29. The van der Waals surface area contributed by atoms with Gasteiger partial charge in [-0.3, -0.25) is 10.1 Å². The van der Waals surface area contributed by atoms with Gasteiger partial charge in [0, 0.05) is 16.8 Å². The van der Waals surface area contributed by atoms with Crippen molar-refractivity contribution in [3.63, 3.8) is 0 Å². The fourth-order valence-electron chi connectivity index (χ4n) is 4.10. The van der Waals surface area contributed by atoms with Crippen LogP contribution in [0.4, 0.5) is 5.69 Å². The lowest BCUT2D eigenvalue weighted by Gasteiger charge is -2.11. The Labute approximate surface area is 209 Å². The number of rotatable bonds is 5. The van der Waals surface area contributed by atoms with Crippen molar-refractivity contribution in [3.05, 3.63) is 96.1 Å². The van der Waals surface area contributed by atoms with Gasteiger partial charge in [-0.1, -0.05) is 62.4 Å². The van der Waals surface area contributed by atoms with Crippen molar-refractivity contribution < 1.29 is 9.21 Å². The average Bonchev–Trinajstić information content (AvgIpc) is 3.31. The van der Waals surface area contributed by atoms with Gasteiger partial charge in [-0.25, -0.2) is 4.98 Å². The Morgan fingerprint density at radius 3 is 2.66 bits per heavy atom. The van der Waals surface area contributed by atoms with E-state index in [0.29, 0.717) is 17.4 Å². The quantitative estimate of drug-likeness (QED) is 0.259. The van der Waals surface area contributed by atoms with E-state index in [1.807, 2.05) is 66.7 Å². The largest absolute Gasteiger partial charge is 0.436 e. The van der Waals surface area contributed by atoms with Crippen LogP contribution in [0.1, 0.15) is 42.1 Å². The molecule has 4 aromatic carbocycles. The van der Waals surface area contributed by atoms with E-state index in [2.05, 4.69) is 36.6 Å². The van der Waals surface area contributed by atoms with Crippen LogP contribution in [-0.4, -0.2) is 16.0 Å². The first-order valence-corrected chi connectivity index (χ1v) is 12.0. The molecule has 5 aromatic rings. The van der Waals surface area contributed by atoms with Crippen LogP contribution in [0.5, 0.6) is 0 Å². The second kappa shape index (κ2) is 9.68. The van der Waals surface area contributed by atoms with E-state index in [9.17, 15) is 4.79 Å². The summed E-state index contributed by atoms with van der Waals surface area (Å²) in [5.41, 5.74) is 4.97. The summed E-state index contributed by atoms with van der Waals surface area (Å²) < 4.78 is 6.00. The van der Waals surface area contributed by atoms with Crippen LogP contribution in [0.2, 0.25) is 0 Å². The molecule has 0 bridgehead atoms. The van der Waals surface area contributed by atoms with Gasteiger partial charge >= 0.3 is 0 Å². The Hall–Kier alpha value is -4.03. The number of oxazole rings is 1. The van der Waals surface area contributed by atoms with Crippen molar-refractivity contribution in [2.45, 2.75) is 26.2 Å². The minimum Gasteiger partial charge on any atom is -0.436 e. The molecule has 0 radical (unpaired) electrons. The van der Waals surface area contributed by atoms with Crippen LogP contribution in [-0.2, 0) is 0 Å². The molecule has 0 fully saturated rings. The predicted octanol–water partition coefficient (Wildman–Crippen LogP) is 7.29. The summed E-state index contributed by atoms with van der Waals surface area (Å²) in [6.07, 6.45) is 1.07. The van der Waals surface area contributed by atoms with Gasteiger partial charge in [-0.15, -0.1) is 0 Å². The third-order valence-corrected chi connectivity index (χ3v) is 6.43. The van der Waals surface area contributed by atoms with Gasteiger partial charge in [-0.2, -0.15) is 0 Å². The van der Waals surface area contributed by atoms with E-state index in [-0.39, 0.29) is 11.0 Å². The van der Waals surface area contributed by atoms with Crippen LogP contribution in [0.3, 0.4) is 0 Å². The van der Waals surface area contributed by atoms with E-state index in [1.54, 1.807) is 6.07 Å². The molecule has 1 atom stereocenters. The highest BCUT2D eigenvalue weighted by molar-refractivity contribution is 7.80. The summed E-state index contributed by atoms with van der Waals surface area (Å²) in [5, 5.41) is 7.98. The first kappa shape index (κ1) is 22.7.